The molecule has 2 rings (SSSR count). The highest BCUT2D eigenvalue weighted by atomic mass is 35.5. The van der Waals surface area contributed by atoms with Crippen LogP contribution in [-0.2, 0) is 6.54 Å². The zero-order valence-corrected chi connectivity index (χ0v) is 11.8. The van der Waals surface area contributed by atoms with Crippen LogP contribution in [0.3, 0.4) is 0 Å². The summed E-state index contributed by atoms with van der Waals surface area (Å²) < 4.78 is 3.88. The van der Waals surface area contributed by atoms with Crippen LogP contribution in [-0.4, -0.2) is 19.6 Å². The number of alkyl halides is 1. The minimum atomic E-state index is -0.00331. The van der Waals surface area contributed by atoms with E-state index in [2.05, 4.69) is 24.0 Å². The van der Waals surface area contributed by atoms with Crippen LogP contribution in [0.1, 0.15) is 49.9 Å². The molecule has 0 radical (unpaired) electrons. The van der Waals surface area contributed by atoms with E-state index >= 15 is 0 Å². The lowest BCUT2D eigenvalue weighted by Gasteiger charge is -2.08. The molecule has 2 heterocycles. The second-order valence-corrected chi connectivity index (χ2v) is 5.29. The van der Waals surface area contributed by atoms with Crippen LogP contribution in [0.4, 0.5) is 0 Å². The van der Waals surface area contributed by atoms with E-state index in [9.17, 15) is 0 Å². The van der Waals surface area contributed by atoms with Gasteiger partial charge in [0.2, 0.25) is 0 Å². The number of hydrogen-bond donors (Lipinski definition) is 0. The Hall–Kier alpha value is -1.29. The van der Waals surface area contributed by atoms with E-state index in [4.69, 9.17) is 11.6 Å². The second kappa shape index (κ2) is 5.57. The van der Waals surface area contributed by atoms with Gasteiger partial charge in [-0.1, -0.05) is 6.92 Å². The predicted octanol–water partition coefficient (Wildman–Crippen LogP) is 3.40. The van der Waals surface area contributed by atoms with Crippen molar-refractivity contribution in [3.05, 3.63) is 35.9 Å². The molecule has 0 aromatic carbocycles. The van der Waals surface area contributed by atoms with Crippen LogP contribution < -0.4 is 0 Å². The van der Waals surface area contributed by atoms with Crippen molar-refractivity contribution in [1.29, 1.82) is 0 Å². The number of nitrogens with zero attached hydrogens (tertiary/aromatic N) is 4. The van der Waals surface area contributed by atoms with E-state index in [0.717, 1.165) is 17.7 Å². The van der Waals surface area contributed by atoms with E-state index in [1.165, 1.54) is 0 Å². The quantitative estimate of drug-likeness (QED) is 0.778. The van der Waals surface area contributed by atoms with Gasteiger partial charge in [0.15, 0.2) is 0 Å². The Morgan fingerprint density at radius 1 is 1.39 bits per heavy atom. The van der Waals surface area contributed by atoms with Gasteiger partial charge in [-0.3, -0.25) is 9.36 Å². The summed E-state index contributed by atoms with van der Waals surface area (Å²) in [4.78, 5) is 0. The maximum Gasteiger partial charge on any atom is 0.0849 e. The molecule has 0 fully saturated rings. The van der Waals surface area contributed by atoms with Gasteiger partial charge in [-0.05, 0) is 26.3 Å². The van der Waals surface area contributed by atoms with Gasteiger partial charge < -0.3 is 0 Å². The van der Waals surface area contributed by atoms with E-state index in [1.807, 2.05) is 40.9 Å². The SMILES string of the molecule is CCC(C)n1ccc(Cn2cc(C(C)Cl)cn2)n1. The Labute approximate surface area is 113 Å². The monoisotopic (exact) mass is 266 g/mol. The molecule has 2 atom stereocenters. The first-order valence-electron chi connectivity index (χ1n) is 6.30. The molecule has 2 aromatic heterocycles. The topological polar surface area (TPSA) is 35.6 Å². The number of halogens is 1. The largest absolute Gasteiger partial charge is 0.270 e. The van der Waals surface area contributed by atoms with Crippen molar-refractivity contribution < 1.29 is 0 Å². The van der Waals surface area contributed by atoms with Gasteiger partial charge in [0.05, 0.1) is 23.8 Å². The molecular formula is C13H19ClN4. The van der Waals surface area contributed by atoms with E-state index in [0.29, 0.717) is 12.6 Å². The van der Waals surface area contributed by atoms with Crippen molar-refractivity contribution in [3.63, 3.8) is 0 Å². The van der Waals surface area contributed by atoms with Crippen LogP contribution in [0.25, 0.3) is 0 Å². The maximum absolute atomic E-state index is 6.01. The van der Waals surface area contributed by atoms with Crippen molar-refractivity contribution in [2.45, 2.75) is 45.2 Å². The molecule has 0 spiro atoms. The summed E-state index contributed by atoms with van der Waals surface area (Å²) >= 11 is 6.01. The molecule has 0 aliphatic heterocycles. The minimum absolute atomic E-state index is 0.00331. The molecule has 0 amide bonds. The summed E-state index contributed by atoms with van der Waals surface area (Å²) in [6, 6.07) is 2.48. The first-order chi connectivity index (χ1) is 8.60. The molecule has 0 saturated heterocycles. The van der Waals surface area contributed by atoms with Crippen molar-refractivity contribution in [2.75, 3.05) is 0 Å². The first kappa shape index (κ1) is 13.1. The fourth-order valence-electron chi connectivity index (χ4n) is 1.73. The van der Waals surface area contributed by atoms with E-state index in [1.54, 1.807) is 0 Å². The van der Waals surface area contributed by atoms with Gasteiger partial charge in [-0.2, -0.15) is 10.2 Å². The van der Waals surface area contributed by atoms with Crippen LogP contribution >= 0.6 is 11.6 Å². The number of hydrogen-bond acceptors (Lipinski definition) is 2. The third kappa shape index (κ3) is 2.93. The van der Waals surface area contributed by atoms with Crippen LogP contribution in [0.2, 0.25) is 0 Å². The van der Waals surface area contributed by atoms with Crippen molar-refractivity contribution in [2.24, 2.45) is 0 Å². The van der Waals surface area contributed by atoms with Crippen molar-refractivity contribution >= 4 is 11.6 Å². The van der Waals surface area contributed by atoms with Gasteiger partial charge in [0.25, 0.3) is 0 Å². The zero-order chi connectivity index (χ0) is 13.1. The number of rotatable bonds is 5. The van der Waals surface area contributed by atoms with Crippen LogP contribution in [0.15, 0.2) is 24.7 Å². The summed E-state index contributed by atoms with van der Waals surface area (Å²) in [6.07, 6.45) is 6.89. The lowest BCUT2D eigenvalue weighted by Crippen LogP contribution is -2.06. The average Bonchev–Trinajstić information content (AvgIpc) is 2.98. The smallest absolute Gasteiger partial charge is 0.0849 e. The molecule has 0 bridgehead atoms. The molecule has 5 heteroatoms. The van der Waals surface area contributed by atoms with E-state index < -0.39 is 0 Å². The number of aromatic nitrogens is 4. The maximum atomic E-state index is 6.01. The molecule has 2 unspecified atom stereocenters. The standard InChI is InChI=1S/C13H19ClN4/c1-4-10(2)18-6-5-13(16-18)9-17-8-12(7-15-17)11(3)14/h5-8,10-11H,4,9H2,1-3H3. The molecular weight excluding hydrogens is 248 g/mol. The van der Waals surface area contributed by atoms with Gasteiger partial charge >= 0.3 is 0 Å². The van der Waals surface area contributed by atoms with Gasteiger partial charge in [-0.25, -0.2) is 0 Å². The summed E-state index contributed by atoms with van der Waals surface area (Å²) in [7, 11) is 0. The van der Waals surface area contributed by atoms with Crippen molar-refractivity contribution in [3.8, 4) is 0 Å². The molecule has 98 valence electrons. The van der Waals surface area contributed by atoms with Crippen LogP contribution in [0, 0.1) is 0 Å². The predicted molar refractivity (Wildman–Crippen MR) is 72.8 cm³/mol. The van der Waals surface area contributed by atoms with Crippen LogP contribution in [0.5, 0.6) is 0 Å². The third-order valence-corrected chi connectivity index (χ3v) is 3.39. The highest BCUT2D eigenvalue weighted by molar-refractivity contribution is 6.20. The Bertz CT molecular complexity index is 501. The summed E-state index contributed by atoms with van der Waals surface area (Å²) in [5, 5.41) is 8.84. The highest BCUT2D eigenvalue weighted by Crippen LogP contribution is 2.18. The summed E-state index contributed by atoms with van der Waals surface area (Å²) in [5.41, 5.74) is 2.06. The first-order valence-corrected chi connectivity index (χ1v) is 6.74. The molecule has 18 heavy (non-hydrogen) atoms. The molecule has 2 aromatic rings. The fraction of sp³-hybridized carbons (Fsp3) is 0.538. The zero-order valence-electron chi connectivity index (χ0n) is 11.0. The summed E-state index contributed by atoms with van der Waals surface area (Å²) in [6.45, 7) is 6.96. The van der Waals surface area contributed by atoms with Crippen molar-refractivity contribution in [1.82, 2.24) is 19.6 Å². The van der Waals surface area contributed by atoms with Gasteiger partial charge in [0, 0.05) is 24.0 Å². The van der Waals surface area contributed by atoms with Gasteiger partial charge in [-0.15, -0.1) is 11.6 Å². The Balaban J connectivity index is 2.06. The molecule has 0 aliphatic carbocycles. The highest BCUT2D eigenvalue weighted by Gasteiger charge is 2.07. The fourth-order valence-corrected chi connectivity index (χ4v) is 1.84. The Kier molecular flexibility index (Phi) is 4.07. The minimum Gasteiger partial charge on any atom is -0.270 e. The molecule has 0 saturated carbocycles. The van der Waals surface area contributed by atoms with E-state index in [-0.39, 0.29) is 5.38 Å². The molecule has 0 N–H and O–H groups in total. The Morgan fingerprint density at radius 2 is 2.17 bits per heavy atom. The second-order valence-electron chi connectivity index (χ2n) is 4.63. The summed E-state index contributed by atoms with van der Waals surface area (Å²) in [5.74, 6) is 0. The van der Waals surface area contributed by atoms with Gasteiger partial charge in [0.1, 0.15) is 0 Å². The Morgan fingerprint density at radius 3 is 2.78 bits per heavy atom. The normalized spacial score (nSPS) is 14.7. The molecule has 4 nitrogen and oxygen atoms in total. The molecule has 0 aliphatic rings. The average molecular weight is 267 g/mol. The third-order valence-electron chi connectivity index (χ3n) is 3.14. The lowest BCUT2D eigenvalue weighted by molar-refractivity contribution is 0.471. The lowest BCUT2D eigenvalue weighted by atomic mass is 10.3.